The minimum absolute atomic E-state index is 0.0172. The second-order valence-corrected chi connectivity index (χ2v) is 8.39. The molecule has 1 N–H and O–H groups in total. The zero-order valence-corrected chi connectivity index (χ0v) is 20.3. The van der Waals surface area contributed by atoms with Crippen LogP contribution in [0.15, 0.2) is 48.5 Å². The lowest BCUT2D eigenvalue weighted by Crippen LogP contribution is -2.23. The van der Waals surface area contributed by atoms with Crippen LogP contribution in [0.3, 0.4) is 0 Å². The van der Waals surface area contributed by atoms with E-state index in [0.717, 1.165) is 45.2 Å². The number of methoxy groups -OCH3 is 2. The number of rotatable bonds is 8. The Kier molecular flexibility index (Phi) is 6.82. The average Bonchev–Trinajstić information content (AvgIpc) is 3.27. The summed E-state index contributed by atoms with van der Waals surface area (Å²) in [6, 6.07) is 15.8. The first kappa shape index (κ1) is 23.3. The Morgan fingerprint density at radius 2 is 1.76 bits per heavy atom. The average molecular weight is 459 g/mol. The summed E-state index contributed by atoms with van der Waals surface area (Å²) in [7, 11) is 3.25. The van der Waals surface area contributed by atoms with E-state index in [-0.39, 0.29) is 5.91 Å². The van der Waals surface area contributed by atoms with E-state index in [1.807, 2.05) is 61.7 Å². The standard InChI is InChI=1S/C27H30N4O3/c1-17-6-8-20(9-7-17)16-28-27(32)13-12-22-18(2)29-26-15-24(30-31(26)19(22)3)23-11-10-21(33-4)14-25(23)34-5/h6-11,14-15H,12-13,16H2,1-5H3,(H,28,32). The van der Waals surface area contributed by atoms with Crippen molar-refractivity contribution in [3.8, 4) is 22.8 Å². The normalized spacial score (nSPS) is 11.0. The fraction of sp³-hybridized carbons (Fsp3) is 0.296. The molecule has 0 saturated carbocycles. The lowest BCUT2D eigenvalue weighted by molar-refractivity contribution is -0.121. The van der Waals surface area contributed by atoms with Crippen LogP contribution in [0.25, 0.3) is 16.9 Å². The molecule has 7 nitrogen and oxygen atoms in total. The third-order valence-electron chi connectivity index (χ3n) is 6.06. The van der Waals surface area contributed by atoms with E-state index in [2.05, 4.69) is 17.4 Å². The summed E-state index contributed by atoms with van der Waals surface area (Å²) in [5, 5.41) is 7.80. The fourth-order valence-corrected chi connectivity index (χ4v) is 4.06. The Morgan fingerprint density at radius 3 is 2.47 bits per heavy atom. The van der Waals surface area contributed by atoms with E-state index < -0.39 is 0 Å². The largest absolute Gasteiger partial charge is 0.497 e. The van der Waals surface area contributed by atoms with Gasteiger partial charge in [0, 0.05) is 42.0 Å². The monoisotopic (exact) mass is 458 g/mol. The molecule has 1 amide bonds. The van der Waals surface area contributed by atoms with Crippen LogP contribution in [0.4, 0.5) is 0 Å². The van der Waals surface area contributed by atoms with Crippen LogP contribution in [0, 0.1) is 20.8 Å². The van der Waals surface area contributed by atoms with Gasteiger partial charge in [0.2, 0.25) is 5.91 Å². The van der Waals surface area contributed by atoms with Gasteiger partial charge in [-0.2, -0.15) is 5.10 Å². The van der Waals surface area contributed by atoms with E-state index >= 15 is 0 Å². The van der Waals surface area contributed by atoms with Gasteiger partial charge in [-0.1, -0.05) is 29.8 Å². The highest BCUT2D eigenvalue weighted by Gasteiger charge is 2.16. The van der Waals surface area contributed by atoms with Crippen LogP contribution in [0.2, 0.25) is 0 Å². The minimum atomic E-state index is 0.0172. The van der Waals surface area contributed by atoms with E-state index in [9.17, 15) is 4.79 Å². The number of nitrogens with zero attached hydrogens (tertiary/aromatic N) is 3. The zero-order chi connectivity index (χ0) is 24.2. The summed E-state index contributed by atoms with van der Waals surface area (Å²) >= 11 is 0. The fourth-order valence-electron chi connectivity index (χ4n) is 4.06. The zero-order valence-electron chi connectivity index (χ0n) is 20.3. The number of benzene rings is 2. The first-order valence-electron chi connectivity index (χ1n) is 11.3. The van der Waals surface area contributed by atoms with E-state index in [1.54, 1.807) is 14.2 Å². The Balaban J connectivity index is 1.52. The number of carbonyl (C=O) groups is 1. The molecule has 0 atom stereocenters. The highest BCUT2D eigenvalue weighted by atomic mass is 16.5. The lowest BCUT2D eigenvalue weighted by Gasteiger charge is -2.11. The topological polar surface area (TPSA) is 77.8 Å². The molecular weight excluding hydrogens is 428 g/mol. The summed E-state index contributed by atoms with van der Waals surface area (Å²) in [5.74, 6) is 1.42. The quantitative estimate of drug-likeness (QED) is 0.418. The molecule has 0 bridgehead atoms. The predicted molar refractivity (Wildman–Crippen MR) is 132 cm³/mol. The molecule has 0 saturated heterocycles. The van der Waals surface area contributed by atoms with Gasteiger partial charge in [-0.25, -0.2) is 9.50 Å². The molecule has 0 aliphatic carbocycles. The molecule has 0 unspecified atom stereocenters. The molecule has 0 fully saturated rings. The summed E-state index contributed by atoms with van der Waals surface area (Å²) in [6.07, 6.45) is 0.989. The smallest absolute Gasteiger partial charge is 0.220 e. The number of aryl methyl sites for hydroxylation is 3. The van der Waals surface area contributed by atoms with Crippen LogP contribution in [0.1, 0.15) is 34.5 Å². The van der Waals surface area contributed by atoms with Gasteiger partial charge in [-0.05, 0) is 50.5 Å². The van der Waals surface area contributed by atoms with Crippen molar-refractivity contribution in [3.05, 3.63) is 76.6 Å². The van der Waals surface area contributed by atoms with Crippen LogP contribution in [0.5, 0.6) is 11.5 Å². The van der Waals surface area contributed by atoms with Crippen molar-refractivity contribution in [2.24, 2.45) is 0 Å². The first-order valence-corrected chi connectivity index (χ1v) is 11.3. The highest BCUT2D eigenvalue weighted by molar-refractivity contribution is 5.76. The Labute approximate surface area is 199 Å². The second kappa shape index (κ2) is 9.95. The third kappa shape index (κ3) is 4.88. The number of ether oxygens (including phenoxy) is 2. The van der Waals surface area contributed by atoms with Crippen LogP contribution < -0.4 is 14.8 Å². The SMILES string of the molecule is COc1ccc(-c2cc3nc(C)c(CCC(=O)NCc4ccc(C)cc4)c(C)n3n2)c(OC)c1. The summed E-state index contributed by atoms with van der Waals surface area (Å²) in [5.41, 5.74) is 7.61. The summed E-state index contributed by atoms with van der Waals surface area (Å²) in [6.45, 7) is 6.57. The molecular formula is C27H30N4O3. The molecule has 4 aromatic rings. The number of nitrogens with one attached hydrogen (secondary N) is 1. The van der Waals surface area contributed by atoms with Crippen molar-refractivity contribution < 1.29 is 14.3 Å². The van der Waals surface area contributed by atoms with Crippen LogP contribution >= 0.6 is 0 Å². The van der Waals surface area contributed by atoms with Crippen molar-refractivity contribution in [3.63, 3.8) is 0 Å². The van der Waals surface area contributed by atoms with Gasteiger partial charge < -0.3 is 14.8 Å². The van der Waals surface area contributed by atoms with Gasteiger partial charge in [0.15, 0.2) is 5.65 Å². The number of hydrogen-bond acceptors (Lipinski definition) is 5. The minimum Gasteiger partial charge on any atom is -0.497 e. The van der Waals surface area contributed by atoms with Crippen molar-refractivity contribution in [1.29, 1.82) is 0 Å². The van der Waals surface area contributed by atoms with E-state index in [4.69, 9.17) is 19.6 Å². The van der Waals surface area contributed by atoms with Crippen LogP contribution in [-0.4, -0.2) is 34.7 Å². The molecule has 2 aromatic carbocycles. The first-order chi connectivity index (χ1) is 16.4. The summed E-state index contributed by atoms with van der Waals surface area (Å²) in [4.78, 5) is 17.2. The molecule has 0 aliphatic rings. The molecule has 176 valence electrons. The highest BCUT2D eigenvalue weighted by Crippen LogP contribution is 2.33. The van der Waals surface area contributed by atoms with Crippen molar-refractivity contribution in [1.82, 2.24) is 19.9 Å². The molecule has 7 heteroatoms. The van der Waals surface area contributed by atoms with Gasteiger partial charge in [-0.15, -0.1) is 0 Å². The van der Waals surface area contributed by atoms with Gasteiger partial charge in [0.1, 0.15) is 11.5 Å². The number of hydrogen-bond donors (Lipinski definition) is 1. The Bertz CT molecular complexity index is 1330. The maximum atomic E-state index is 12.5. The van der Waals surface area contributed by atoms with Crippen LogP contribution in [-0.2, 0) is 17.8 Å². The van der Waals surface area contributed by atoms with E-state index in [1.165, 1.54) is 5.56 Å². The number of fused-ring (bicyclic) bond motifs is 1. The van der Waals surface area contributed by atoms with E-state index in [0.29, 0.717) is 25.1 Å². The van der Waals surface area contributed by atoms with Gasteiger partial charge in [0.25, 0.3) is 0 Å². The summed E-state index contributed by atoms with van der Waals surface area (Å²) < 4.78 is 12.7. The van der Waals surface area contributed by atoms with Crippen molar-refractivity contribution in [2.75, 3.05) is 14.2 Å². The van der Waals surface area contributed by atoms with Gasteiger partial charge in [-0.3, -0.25) is 4.79 Å². The number of amides is 1. The molecule has 0 radical (unpaired) electrons. The van der Waals surface area contributed by atoms with Crippen molar-refractivity contribution in [2.45, 2.75) is 40.2 Å². The second-order valence-electron chi connectivity index (χ2n) is 8.39. The molecule has 2 heterocycles. The maximum Gasteiger partial charge on any atom is 0.220 e. The van der Waals surface area contributed by atoms with Gasteiger partial charge in [0.05, 0.1) is 19.9 Å². The molecule has 0 spiro atoms. The number of aromatic nitrogens is 3. The van der Waals surface area contributed by atoms with Gasteiger partial charge >= 0.3 is 0 Å². The molecule has 2 aromatic heterocycles. The molecule has 0 aliphatic heterocycles. The predicted octanol–water partition coefficient (Wildman–Crippen LogP) is 4.59. The Morgan fingerprint density at radius 1 is 1.00 bits per heavy atom. The lowest BCUT2D eigenvalue weighted by atomic mass is 10.1. The third-order valence-corrected chi connectivity index (χ3v) is 6.06. The number of carbonyl (C=O) groups excluding carboxylic acids is 1. The molecule has 4 rings (SSSR count). The maximum absolute atomic E-state index is 12.5. The van der Waals surface area contributed by atoms with Crippen molar-refractivity contribution >= 4 is 11.6 Å². The Hall–Kier alpha value is -3.87. The molecule has 34 heavy (non-hydrogen) atoms.